The molecule has 1 unspecified atom stereocenters. The minimum atomic E-state index is -1.54. The Morgan fingerprint density at radius 1 is 1.29 bits per heavy atom. The molecule has 0 amide bonds. The van der Waals surface area contributed by atoms with Crippen LogP contribution in [0.25, 0.3) is 0 Å². The lowest BCUT2D eigenvalue weighted by Crippen LogP contribution is -2.39. The molecule has 1 saturated carbocycles. The van der Waals surface area contributed by atoms with E-state index >= 15 is 0 Å². The van der Waals surface area contributed by atoms with Crippen LogP contribution in [0.5, 0.6) is 0 Å². The predicted molar refractivity (Wildman–Crippen MR) is 65.9 cm³/mol. The Balaban J connectivity index is 2.50. The van der Waals surface area contributed by atoms with E-state index in [0.29, 0.717) is 12.3 Å². The summed E-state index contributed by atoms with van der Waals surface area (Å²) >= 11 is 6.02. The van der Waals surface area contributed by atoms with Gasteiger partial charge in [-0.2, -0.15) is 0 Å². The normalized spacial score (nSPS) is 20.2. The van der Waals surface area contributed by atoms with Gasteiger partial charge in [-0.1, -0.05) is 32.1 Å². The van der Waals surface area contributed by atoms with Crippen LogP contribution < -0.4 is 0 Å². The zero-order valence-electron chi connectivity index (χ0n) is 10.4. The van der Waals surface area contributed by atoms with Crippen molar-refractivity contribution in [2.75, 3.05) is 13.3 Å². The number of hydrogen-bond donors (Lipinski definition) is 0. The fourth-order valence-electron chi connectivity index (χ4n) is 2.37. The Kier molecular flexibility index (Phi) is 5.84. The number of Topliss-reactive ketones (excluding diaryl/α,β-unsaturated/α-hetero) is 1. The van der Waals surface area contributed by atoms with Gasteiger partial charge in [-0.15, -0.1) is 11.6 Å². The molecule has 0 spiro atoms. The molecule has 0 aliphatic heterocycles. The first kappa shape index (κ1) is 14.9. The largest absolute Gasteiger partial charge is 0.297 e. The first-order valence-electron chi connectivity index (χ1n) is 6.34. The molecule has 0 bridgehead atoms. The van der Waals surface area contributed by atoms with E-state index in [2.05, 4.69) is 0 Å². The Labute approximate surface area is 107 Å². The maximum atomic E-state index is 12.7. The fourth-order valence-corrected chi connectivity index (χ4v) is 2.88. The van der Waals surface area contributed by atoms with Crippen molar-refractivity contribution in [1.29, 1.82) is 0 Å². The van der Waals surface area contributed by atoms with Crippen molar-refractivity contribution in [1.82, 2.24) is 0 Å². The zero-order valence-corrected chi connectivity index (χ0v) is 11.1. The Bertz CT molecular complexity index is 248. The van der Waals surface area contributed by atoms with Crippen molar-refractivity contribution >= 4 is 17.4 Å². The highest BCUT2D eigenvalue weighted by molar-refractivity contribution is 6.31. The molecule has 1 fully saturated rings. The maximum absolute atomic E-state index is 12.7. The topological polar surface area (TPSA) is 17.1 Å². The van der Waals surface area contributed by atoms with Crippen molar-refractivity contribution < 1.29 is 13.6 Å². The molecule has 4 heteroatoms. The summed E-state index contributed by atoms with van der Waals surface area (Å²) in [6, 6.07) is 0. The number of carbonyl (C=O) groups is 1. The van der Waals surface area contributed by atoms with Crippen LogP contribution in [0.1, 0.15) is 45.4 Å². The first-order chi connectivity index (χ1) is 8.03. The molecule has 1 nitrogen and oxygen atoms in total. The Hall–Kier alpha value is -0.180. The smallest absolute Gasteiger partial charge is 0.161 e. The minimum absolute atomic E-state index is 0.443. The summed E-state index contributed by atoms with van der Waals surface area (Å²) in [6.07, 6.45) is 6.31. The summed E-state index contributed by atoms with van der Waals surface area (Å²) in [6.45, 7) is -0.641. The molecule has 1 aliphatic rings. The molecule has 1 aliphatic carbocycles. The molecule has 0 N–H and O–H groups in total. The number of ketones is 1. The van der Waals surface area contributed by atoms with E-state index in [1.54, 1.807) is 0 Å². The third-order valence-corrected chi connectivity index (χ3v) is 4.11. The molecule has 0 aromatic rings. The van der Waals surface area contributed by atoms with Crippen LogP contribution >= 0.6 is 11.6 Å². The van der Waals surface area contributed by atoms with Gasteiger partial charge < -0.3 is 0 Å². The van der Waals surface area contributed by atoms with Gasteiger partial charge in [-0.3, -0.25) is 4.79 Å². The predicted octanol–water partition coefficient (Wildman–Crippen LogP) is 4.08. The SMILES string of the molecule is CC(CF)(CF)C(=O)C(Cl)CC1CCCCC1. The van der Waals surface area contributed by atoms with E-state index in [1.165, 1.54) is 26.2 Å². The van der Waals surface area contributed by atoms with Gasteiger partial charge in [0.25, 0.3) is 0 Å². The van der Waals surface area contributed by atoms with Crippen molar-refractivity contribution in [3.05, 3.63) is 0 Å². The monoisotopic (exact) mass is 266 g/mol. The van der Waals surface area contributed by atoms with E-state index in [4.69, 9.17) is 11.6 Å². The quantitative estimate of drug-likeness (QED) is 0.662. The third kappa shape index (κ3) is 3.90. The second-order valence-corrected chi connectivity index (χ2v) is 5.93. The number of rotatable bonds is 6. The second-order valence-electron chi connectivity index (χ2n) is 5.40. The van der Waals surface area contributed by atoms with Gasteiger partial charge in [-0.25, -0.2) is 8.78 Å². The van der Waals surface area contributed by atoms with Crippen LogP contribution in [0.4, 0.5) is 8.78 Å². The maximum Gasteiger partial charge on any atom is 0.161 e. The summed E-state index contributed by atoms with van der Waals surface area (Å²) in [5, 5.41) is -0.741. The van der Waals surface area contributed by atoms with Crippen molar-refractivity contribution in [2.45, 2.75) is 50.8 Å². The van der Waals surface area contributed by atoms with E-state index in [-0.39, 0.29) is 0 Å². The van der Waals surface area contributed by atoms with Gasteiger partial charge in [-0.05, 0) is 19.3 Å². The van der Waals surface area contributed by atoms with Crippen LogP contribution in [0.2, 0.25) is 0 Å². The van der Waals surface area contributed by atoms with Crippen LogP contribution in [-0.4, -0.2) is 24.5 Å². The fraction of sp³-hybridized carbons (Fsp3) is 0.923. The van der Waals surface area contributed by atoms with Crippen LogP contribution in [0.15, 0.2) is 0 Å². The van der Waals surface area contributed by atoms with Crippen molar-refractivity contribution in [2.24, 2.45) is 11.3 Å². The molecule has 1 rings (SSSR count). The van der Waals surface area contributed by atoms with Crippen LogP contribution in [0.3, 0.4) is 0 Å². The van der Waals surface area contributed by atoms with Gasteiger partial charge in [0.1, 0.15) is 13.3 Å². The summed E-state index contributed by atoms with van der Waals surface area (Å²) in [7, 11) is 0. The molecule has 0 aromatic heterocycles. The molecule has 100 valence electrons. The van der Waals surface area contributed by atoms with E-state index < -0.39 is 29.9 Å². The molecule has 0 saturated heterocycles. The average molecular weight is 267 g/mol. The zero-order chi connectivity index (χ0) is 12.9. The number of halogens is 3. The lowest BCUT2D eigenvalue weighted by atomic mass is 9.81. The molecular weight excluding hydrogens is 246 g/mol. The summed E-state index contributed by atoms with van der Waals surface area (Å²) in [4.78, 5) is 11.9. The van der Waals surface area contributed by atoms with E-state index in [0.717, 1.165) is 12.8 Å². The molecule has 0 aromatic carbocycles. The lowest BCUT2D eigenvalue weighted by molar-refractivity contribution is -0.129. The van der Waals surface area contributed by atoms with Gasteiger partial charge in [0.2, 0.25) is 0 Å². The summed E-state index contributed by atoms with van der Waals surface area (Å²) in [5.41, 5.74) is -1.54. The van der Waals surface area contributed by atoms with Crippen LogP contribution in [-0.2, 0) is 4.79 Å². The number of carbonyl (C=O) groups excluding carboxylic acids is 1. The van der Waals surface area contributed by atoms with E-state index in [1.807, 2.05) is 0 Å². The number of alkyl halides is 3. The highest BCUT2D eigenvalue weighted by atomic mass is 35.5. The highest BCUT2D eigenvalue weighted by Gasteiger charge is 2.38. The van der Waals surface area contributed by atoms with E-state index in [9.17, 15) is 13.6 Å². The molecule has 0 heterocycles. The van der Waals surface area contributed by atoms with Gasteiger partial charge >= 0.3 is 0 Å². The van der Waals surface area contributed by atoms with Crippen molar-refractivity contribution in [3.8, 4) is 0 Å². The van der Waals surface area contributed by atoms with Gasteiger partial charge in [0, 0.05) is 0 Å². The van der Waals surface area contributed by atoms with Gasteiger partial charge in [0.15, 0.2) is 5.78 Å². The summed E-state index contributed by atoms with van der Waals surface area (Å²) in [5.74, 6) is -0.0339. The Morgan fingerprint density at radius 2 is 1.82 bits per heavy atom. The van der Waals surface area contributed by atoms with Crippen LogP contribution in [0, 0.1) is 11.3 Å². The second kappa shape index (κ2) is 6.67. The molecule has 0 radical (unpaired) electrons. The summed E-state index contributed by atoms with van der Waals surface area (Å²) < 4.78 is 25.4. The molecule has 1 atom stereocenters. The van der Waals surface area contributed by atoms with Gasteiger partial charge in [0.05, 0.1) is 10.8 Å². The third-order valence-electron chi connectivity index (χ3n) is 3.73. The average Bonchev–Trinajstić information content (AvgIpc) is 2.38. The highest BCUT2D eigenvalue weighted by Crippen LogP contribution is 2.32. The number of hydrogen-bond acceptors (Lipinski definition) is 1. The molecular formula is C13H21ClF2O. The van der Waals surface area contributed by atoms with Crippen molar-refractivity contribution in [3.63, 3.8) is 0 Å². The Morgan fingerprint density at radius 3 is 2.29 bits per heavy atom. The first-order valence-corrected chi connectivity index (χ1v) is 6.77. The lowest BCUT2D eigenvalue weighted by Gasteiger charge is -2.27. The minimum Gasteiger partial charge on any atom is -0.297 e. The molecule has 17 heavy (non-hydrogen) atoms. The standard InChI is InChI=1S/C13H21ClF2O/c1-13(8-15,9-16)12(17)11(14)7-10-5-3-2-4-6-10/h10-11H,2-9H2,1H3.